The number of carbonyl (C=O) groups excluding carboxylic acids is 1. The first-order valence-electron chi connectivity index (χ1n) is 6.39. The number of amides is 1. The molecule has 20 heavy (non-hydrogen) atoms. The molecule has 0 unspecified atom stereocenters. The molecule has 1 amide bonds. The van der Waals surface area contributed by atoms with Crippen molar-refractivity contribution in [3.05, 3.63) is 34.9 Å². The highest BCUT2D eigenvalue weighted by Crippen LogP contribution is 2.18. The lowest BCUT2D eigenvalue weighted by Crippen LogP contribution is -2.39. The number of carboxylic acid groups (broad SMARTS) is 1. The maximum absolute atomic E-state index is 12.3. The molecule has 0 spiro atoms. The van der Waals surface area contributed by atoms with Gasteiger partial charge in [0, 0.05) is 18.2 Å². The summed E-state index contributed by atoms with van der Waals surface area (Å²) in [5.41, 5.74) is 0.850. The summed E-state index contributed by atoms with van der Waals surface area (Å²) in [6, 6.07) is 7.02. The molecule has 1 N–H and O–H groups in total. The van der Waals surface area contributed by atoms with E-state index in [0.29, 0.717) is 24.7 Å². The summed E-state index contributed by atoms with van der Waals surface area (Å²) in [6.07, 6.45) is 0.648. The monoisotopic (exact) mass is 297 g/mol. The summed E-state index contributed by atoms with van der Waals surface area (Å²) in [7, 11) is 0. The molecule has 1 aromatic rings. The van der Waals surface area contributed by atoms with Gasteiger partial charge in [0.2, 0.25) is 5.91 Å². The van der Waals surface area contributed by atoms with Gasteiger partial charge >= 0.3 is 5.97 Å². The molecule has 1 aromatic carbocycles. The van der Waals surface area contributed by atoms with E-state index >= 15 is 0 Å². The number of benzene rings is 1. The zero-order valence-electron chi connectivity index (χ0n) is 10.9. The molecule has 108 valence electrons. The first-order chi connectivity index (χ1) is 9.56. The standard InChI is InChI=1S/C14H16ClNO4/c15-12-3-1-10(2-4-12)7-16(8-13(17)18)14(19)11-5-6-20-9-11/h1-4,11H,5-9H2,(H,17,18)/t11-/m1/s1. The summed E-state index contributed by atoms with van der Waals surface area (Å²) in [5, 5.41) is 9.56. The Bertz CT molecular complexity index is 482. The Morgan fingerprint density at radius 2 is 2.05 bits per heavy atom. The predicted molar refractivity (Wildman–Crippen MR) is 73.4 cm³/mol. The van der Waals surface area contributed by atoms with Crippen LogP contribution < -0.4 is 0 Å². The molecule has 0 bridgehead atoms. The Balaban J connectivity index is 2.08. The van der Waals surface area contributed by atoms with Crippen LogP contribution in [0.15, 0.2) is 24.3 Å². The van der Waals surface area contributed by atoms with Gasteiger partial charge in [-0.3, -0.25) is 9.59 Å². The summed E-state index contributed by atoms with van der Waals surface area (Å²) in [6.45, 7) is 0.880. The molecule has 1 saturated heterocycles. The van der Waals surface area contributed by atoms with Crippen LogP contribution in [0.25, 0.3) is 0 Å². The van der Waals surface area contributed by atoms with Gasteiger partial charge in [0.15, 0.2) is 0 Å². The second-order valence-electron chi connectivity index (χ2n) is 4.78. The third-order valence-corrected chi connectivity index (χ3v) is 3.46. The molecule has 1 aliphatic heterocycles. The third-order valence-electron chi connectivity index (χ3n) is 3.20. The van der Waals surface area contributed by atoms with Crippen molar-refractivity contribution in [2.75, 3.05) is 19.8 Å². The van der Waals surface area contributed by atoms with E-state index in [9.17, 15) is 9.59 Å². The highest BCUT2D eigenvalue weighted by molar-refractivity contribution is 6.30. The van der Waals surface area contributed by atoms with E-state index in [4.69, 9.17) is 21.4 Å². The SMILES string of the molecule is O=C(O)CN(Cc1ccc(Cl)cc1)C(=O)[C@@H]1CCOC1. The van der Waals surface area contributed by atoms with E-state index in [1.807, 2.05) is 0 Å². The van der Waals surface area contributed by atoms with Gasteiger partial charge in [0.25, 0.3) is 0 Å². The molecule has 1 aliphatic rings. The summed E-state index contributed by atoms with van der Waals surface area (Å²) in [5.74, 6) is -1.42. The summed E-state index contributed by atoms with van der Waals surface area (Å²) >= 11 is 5.81. The average molecular weight is 298 g/mol. The van der Waals surface area contributed by atoms with Crippen LogP contribution in [0.4, 0.5) is 0 Å². The highest BCUT2D eigenvalue weighted by atomic mass is 35.5. The van der Waals surface area contributed by atoms with Gasteiger partial charge < -0.3 is 14.7 Å². The topological polar surface area (TPSA) is 66.8 Å². The van der Waals surface area contributed by atoms with Crippen molar-refractivity contribution >= 4 is 23.5 Å². The number of hydrogen-bond acceptors (Lipinski definition) is 3. The zero-order chi connectivity index (χ0) is 14.5. The molecular formula is C14H16ClNO4. The molecule has 5 nitrogen and oxygen atoms in total. The van der Waals surface area contributed by atoms with Gasteiger partial charge in [-0.25, -0.2) is 0 Å². The number of rotatable bonds is 5. The Morgan fingerprint density at radius 3 is 2.60 bits per heavy atom. The third kappa shape index (κ3) is 3.95. The van der Waals surface area contributed by atoms with E-state index in [1.165, 1.54) is 4.90 Å². The van der Waals surface area contributed by atoms with Gasteiger partial charge in [-0.15, -0.1) is 0 Å². The van der Waals surface area contributed by atoms with Crippen LogP contribution in [0.3, 0.4) is 0 Å². The second kappa shape index (κ2) is 6.72. The number of ether oxygens (including phenoxy) is 1. The number of nitrogens with zero attached hydrogens (tertiary/aromatic N) is 1. The van der Waals surface area contributed by atoms with E-state index in [2.05, 4.69) is 0 Å². The fourth-order valence-electron chi connectivity index (χ4n) is 2.17. The number of halogens is 1. The van der Waals surface area contributed by atoms with E-state index < -0.39 is 5.97 Å². The van der Waals surface area contributed by atoms with Crippen LogP contribution >= 0.6 is 11.6 Å². The first kappa shape index (κ1) is 14.8. The van der Waals surface area contributed by atoms with Crippen molar-refractivity contribution in [3.8, 4) is 0 Å². The van der Waals surface area contributed by atoms with Crippen LogP contribution in [0.5, 0.6) is 0 Å². The smallest absolute Gasteiger partial charge is 0.323 e. The van der Waals surface area contributed by atoms with Crippen molar-refractivity contribution in [1.82, 2.24) is 4.90 Å². The first-order valence-corrected chi connectivity index (χ1v) is 6.77. The van der Waals surface area contributed by atoms with E-state index in [1.54, 1.807) is 24.3 Å². The lowest BCUT2D eigenvalue weighted by molar-refractivity contribution is -0.146. The maximum Gasteiger partial charge on any atom is 0.323 e. The van der Waals surface area contributed by atoms with Crippen LogP contribution in [0, 0.1) is 5.92 Å². The molecular weight excluding hydrogens is 282 g/mol. The minimum absolute atomic E-state index is 0.167. The largest absolute Gasteiger partial charge is 0.480 e. The molecule has 0 aliphatic carbocycles. The van der Waals surface area contributed by atoms with Crippen LogP contribution in [-0.4, -0.2) is 41.6 Å². The number of carbonyl (C=O) groups is 2. The van der Waals surface area contributed by atoms with Crippen LogP contribution in [0.1, 0.15) is 12.0 Å². The quantitative estimate of drug-likeness (QED) is 0.900. The van der Waals surface area contributed by atoms with Crippen LogP contribution in [0.2, 0.25) is 5.02 Å². The van der Waals surface area contributed by atoms with Crippen molar-refractivity contribution in [1.29, 1.82) is 0 Å². The molecule has 1 heterocycles. The van der Waals surface area contributed by atoms with Crippen molar-refractivity contribution < 1.29 is 19.4 Å². The van der Waals surface area contributed by atoms with Crippen molar-refractivity contribution in [2.24, 2.45) is 5.92 Å². The number of aliphatic carboxylic acids is 1. The fraction of sp³-hybridized carbons (Fsp3) is 0.429. The number of hydrogen-bond donors (Lipinski definition) is 1. The Kier molecular flexibility index (Phi) is 4.98. The summed E-state index contributed by atoms with van der Waals surface area (Å²) < 4.78 is 5.19. The Hall–Kier alpha value is -1.59. The normalized spacial score (nSPS) is 17.9. The molecule has 2 rings (SSSR count). The van der Waals surface area contributed by atoms with Crippen molar-refractivity contribution in [3.63, 3.8) is 0 Å². The minimum Gasteiger partial charge on any atom is -0.480 e. The van der Waals surface area contributed by atoms with Gasteiger partial charge in [0.1, 0.15) is 6.54 Å². The summed E-state index contributed by atoms with van der Waals surface area (Å²) in [4.78, 5) is 24.6. The van der Waals surface area contributed by atoms with Crippen molar-refractivity contribution in [2.45, 2.75) is 13.0 Å². The lowest BCUT2D eigenvalue weighted by Gasteiger charge is -2.23. The van der Waals surface area contributed by atoms with Gasteiger partial charge in [-0.05, 0) is 24.1 Å². The Morgan fingerprint density at radius 1 is 1.35 bits per heavy atom. The van der Waals surface area contributed by atoms with Crippen LogP contribution in [-0.2, 0) is 20.9 Å². The average Bonchev–Trinajstić information content (AvgIpc) is 2.93. The molecule has 0 radical (unpaired) electrons. The van der Waals surface area contributed by atoms with E-state index in [-0.39, 0.29) is 24.9 Å². The molecule has 0 saturated carbocycles. The second-order valence-corrected chi connectivity index (χ2v) is 5.21. The van der Waals surface area contributed by atoms with Gasteiger partial charge in [0.05, 0.1) is 12.5 Å². The maximum atomic E-state index is 12.3. The molecule has 6 heteroatoms. The van der Waals surface area contributed by atoms with E-state index in [0.717, 1.165) is 5.56 Å². The predicted octanol–water partition coefficient (Wildman–Crippen LogP) is 1.79. The molecule has 0 aromatic heterocycles. The molecule has 1 atom stereocenters. The minimum atomic E-state index is -1.02. The molecule has 1 fully saturated rings. The zero-order valence-corrected chi connectivity index (χ0v) is 11.7. The van der Waals surface area contributed by atoms with Gasteiger partial charge in [-0.2, -0.15) is 0 Å². The number of carboxylic acids is 1. The Labute approximate surface area is 122 Å². The fourth-order valence-corrected chi connectivity index (χ4v) is 2.30. The lowest BCUT2D eigenvalue weighted by atomic mass is 10.1. The van der Waals surface area contributed by atoms with Gasteiger partial charge in [-0.1, -0.05) is 23.7 Å². The highest BCUT2D eigenvalue weighted by Gasteiger charge is 2.29.